The van der Waals surface area contributed by atoms with Gasteiger partial charge >= 0.3 is 5.97 Å². The first kappa shape index (κ1) is 14.5. The lowest BCUT2D eigenvalue weighted by atomic mass is 10.0. The minimum absolute atomic E-state index is 0.0403. The van der Waals surface area contributed by atoms with E-state index in [0.717, 1.165) is 17.6 Å². The molecule has 2 unspecified atom stereocenters. The number of likely N-dealkylation sites (N-methyl/N-ethyl adjacent to an activating group) is 1. The van der Waals surface area contributed by atoms with Crippen LogP contribution in [0.5, 0.6) is 0 Å². The Morgan fingerprint density at radius 3 is 2.95 bits per heavy atom. The molecule has 1 heterocycles. The largest absolute Gasteiger partial charge is 0.481 e. The summed E-state index contributed by atoms with van der Waals surface area (Å²) in [6.45, 7) is 4.42. The van der Waals surface area contributed by atoms with Crippen LogP contribution >= 0.6 is 15.9 Å². The van der Waals surface area contributed by atoms with Gasteiger partial charge in [0.05, 0.1) is 19.1 Å². The van der Waals surface area contributed by atoms with Crippen LogP contribution in [0.2, 0.25) is 0 Å². The highest BCUT2D eigenvalue weighted by atomic mass is 79.9. The van der Waals surface area contributed by atoms with E-state index in [1.807, 2.05) is 12.1 Å². The van der Waals surface area contributed by atoms with Gasteiger partial charge in [0.25, 0.3) is 0 Å². The van der Waals surface area contributed by atoms with Gasteiger partial charge in [0, 0.05) is 17.1 Å². The second-order valence-corrected chi connectivity index (χ2v) is 5.66. The van der Waals surface area contributed by atoms with E-state index < -0.39 is 11.9 Å². The van der Waals surface area contributed by atoms with Crippen LogP contribution in [0.4, 0.5) is 0 Å². The van der Waals surface area contributed by atoms with Crippen LogP contribution in [0.25, 0.3) is 0 Å². The van der Waals surface area contributed by atoms with Crippen molar-refractivity contribution < 1.29 is 14.6 Å². The molecule has 1 aromatic rings. The third kappa shape index (κ3) is 3.55. The van der Waals surface area contributed by atoms with Crippen LogP contribution in [-0.2, 0) is 16.1 Å². The van der Waals surface area contributed by atoms with Gasteiger partial charge in [-0.05, 0) is 24.2 Å². The van der Waals surface area contributed by atoms with E-state index in [1.54, 1.807) is 0 Å². The van der Waals surface area contributed by atoms with Crippen molar-refractivity contribution in [3.63, 3.8) is 0 Å². The van der Waals surface area contributed by atoms with Crippen LogP contribution in [-0.4, -0.2) is 41.8 Å². The van der Waals surface area contributed by atoms with Gasteiger partial charge < -0.3 is 9.84 Å². The highest BCUT2D eigenvalue weighted by Crippen LogP contribution is 2.22. The molecule has 0 aromatic heterocycles. The fourth-order valence-electron chi connectivity index (χ4n) is 2.47. The first-order valence-electron chi connectivity index (χ1n) is 6.41. The fraction of sp³-hybridized carbons (Fsp3) is 0.500. The summed E-state index contributed by atoms with van der Waals surface area (Å²) in [5.41, 5.74) is 1.17. The van der Waals surface area contributed by atoms with Gasteiger partial charge in [0.2, 0.25) is 0 Å². The quantitative estimate of drug-likeness (QED) is 0.902. The molecular formula is C14H18BrNO3. The Balaban J connectivity index is 2.09. The second-order valence-electron chi connectivity index (χ2n) is 4.74. The third-order valence-electron chi connectivity index (χ3n) is 3.52. The molecule has 1 aliphatic heterocycles. The van der Waals surface area contributed by atoms with Crippen LogP contribution in [0, 0.1) is 5.92 Å². The molecule has 0 spiro atoms. The van der Waals surface area contributed by atoms with Crippen molar-refractivity contribution in [2.75, 3.05) is 19.8 Å². The zero-order chi connectivity index (χ0) is 13.8. The maximum atomic E-state index is 11.2. The predicted molar refractivity (Wildman–Crippen MR) is 76.0 cm³/mol. The molecule has 1 fully saturated rings. The Kier molecular flexibility index (Phi) is 4.96. The molecule has 0 aliphatic carbocycles. The number of carbonyl (C=O) groups is 1. The summed E-state index contributed by atoms with van der Waals surface area (Å²) >= 11 is 3.46. The van der Waals surface area contributed by atoms with Crippen LogP contribution < -0.4 is 0 Å². The highest BCUT2D eigenvalue weighted by molar-refractivity contribution is 9.10. The summed E-state index contributed by atoms with van der Waals surface area (Å²) < 4.78 is 6.38. The van der Waals surface area contributed by atoms with E-state index >= 15 is 0 Å². The minimum Gasteiger partial charge on any atom is -0.481 e. The SMILES string of the molecule is CCN(Cc1cccc(Br)c1)C1COCC1C(=O)O. The Morgan fingerprint density at radius 1 is 1.53 bits per heavy atom. The van der Waals surface area contributed by atoms with Gasteiger partial charge in [-0.15, -0.1) is 0 Å². The Labute approximate surface area is 121 Å². The maximum Gasteiger partial charge on any atom is 0.310 e. The van der Waals surface area contributed by atoms with Crippen molar-refractivity contribution in [3.05, 3.63) is 34.3 Å². The van der Waals surface area contributed by atoms with E-state index in [2.05, 4.69) is 39.9 Å². The number of ether oxygens (including phenoxy) is 1. The average Bonchev–Trinajstić information content (AvgIpc) is 2.85. The standard InChI is InChI=1S/C14H18BrNO3/c1-2-16(7-10-4-3-5-11(15)6-10)13-9-19-8-12(13)14(17)18/h3-6,12-13H,2,7-9H2,1H3,(H,17,18). The predicted octanol–water partition coefficient (Wildman–Crippen LogP) is 2.37. The van der Waals surface area contributed by atoms with Crippen molar-refractivity contribution in [1.29, 1.82) is 0 Å². The van der Waals surface area contributed by atoms with E-state index in [-0.39, 0.29) is 6.04 Å². The normalized spacial score (nSPS) is 22.9. The maximum absolute atomic E-state index is 11.2. The number of aliphatic carboxylic acids is 1. The third-order valence-corrected chi connectivity index (χ3v) is 4.01. The van der Waals surface area contributed by atoms with Crippen molar-refractivity contribution in [2.45, 2.75) is 19.5 Å². The van der Waals surface area contributed by atoms with Crippen LogP contribution in [0.3, 0.4) is 0 Å². The van der Waals surface area contributed by atoms with Crippen molar-refractivity contribution in [2.24, 2.45) is 5.92 Å². The van der Waals surface area contributed by atoms with Gasteiger partial charge in [0.1, 0.15) is 0 Å². The van der Waals surface area contributed by atoms with Crippen LogP contribution in [0.1, 0.15) is 12.5 Å². The molecule has 1 saturated heterocycles. The smallest absolute Gasteiger partial charge is 0.310 e. The number of carboxylic acids is 1. The molecule has 104 valence electrons. The van der Waals surface area contributed by atoms with E-state index in [0.29, 0.717) is 13.2 Å². The molecule has 0 radical (unpaired) electrons. The molecule has 4 nitrogen and oxygen atoms in total. The number of hydrogen-bond donors (Lipinski definition) is 1. The lowest BCUT2D eigenvalue weighted by Gasteiger charge is -2.29. The molecule has 2 rings (SSSR count). The Morgan fingerprint density at radius 2 is 2.32 bits per heavy atom. The summed E-state index contributed by atoms with van der Waals surface area (Å²) in [4.78, 5) is 13.4. The molecule has 1 aromatic carbocycles. The first-order chi connectivity index (χ1) is 9.11. The number of nitrogens with zero attached hydrogens (tertiary/aromatic N) is 1. The Hall–Kier alpha value is -0.910. The summed E-state index contributed by atoms with van der Waals surface area (Å²) in [5.74, 6) is -1.19. The van der Waals surface area contributed by atoms with E-state index in [4.69, 9.17) is 4.74 Å². The molecule has 1 N–H and O–H groups in total. The highest BCUT2D eigenvalue weighted by Gasteiger charge is 2.37. The molecule has 0 bridgehead atoms. The van der Waals surface area contributed by atoms with Gasteiger partial charge in [-0.2, -0.15) is 0 Å². The average molecular weight is 328 g/mol. The molecule has 1 aliphatic rings. The summed E-state index contributed by atoms with van der Waals surface area (Å²) in [6, 6.07) is 8.06. The molecular weight excluding hydrogens is 310 g/mol. The number of carboxylic acid groups (broad SMARTS) is 1. The molecule has 5 heteroatoms. The summed E-state index contributed by atoms with van der Waals surface area (Å²) in [7, 11) is 0. The van der Waals surface area contributed by atoms with Gasteiger partial charge in [0.15, 0.2) is 0 Å². The van der Waals surface area contributed by atoms with E-state index in [1.165, 1.54) is 5.56 Å². The summed E-state index contributed by atoms with van der Waals surface area (Å²) in [5, 5.41) is 9.22. The lowest BCUT2D eigenvalue weighted by molar-refractivity contribution is -0.143. The summed E-state index contributed by atoms with van der Waals surface area (Å²) in [6.07, 6.45) is 0. The van der Waals surface area contributed by atoms with Crippen molar-refractivity contribution in [1.82, 2.24) is 4.90 Å². The van der Waals surface area contributed by atoms with Gasteiger partial charge in [-0.3, -0.25) is 9.69 Å². The Bertz CT molecular complexity index is 452. The molecule has 19 heavy (non-hydrogen) atoms. The zero-order valence-corrected chi connectivity index (χ0v) is 12.5. The van der Waals surface area contributed by atoms with Gasteiger partial charge in [-0.1, -0.05) is 35.0 Å². The fourth-order valence-corrected chi connectivity index (χ4v) is 2.92. The molecule has 0 saturated carbocycles. The zero-order valence-electron chi connectivity index (χ0n) is 10.9. The van der Waals surface area contributed by atoms with E-state index in [9.17, 15) is 9.90 Å². The number of benzene rings is 1. The van der Waals surface area contributed by atoms with Crippen molar-refractivity contribution >= 4 is 21.9 Å². The molecule has 2 atom stereocenters. The topological polar surface area (TPSA) is 49.8 Å². The number of rotatable bonds is 5. The first-order valence-corrected chi connectivity index (χ1v) is 7.20. The second kappa shape index (κ2) is 6.50. The monoisotopic (exact) mass is 327 g/mol. The van der Waals surface area contributed by atoms with Crippen LogP contribution in [0.15, 0.2) is 28.7 Å². The minimum atomic E-state index is -0.768. The van der Waals surface area contributed by atoms with Gasteiger partial charge in [-0.25, -0.2) is 0 Å². The number of hydrogen-bond acceptors (Lipinski definition) is 3. The molecule has 0 amide bonds. The number of halogens is 1. The van der Waals surface area contributed by atoms with Crippen molar-refractivity contribution in [3.8, 4) is 0 Å². The lowest BCUT2D eigenvalue weighted by Crippen LogP contribution is -2.42.